The second-order valence-corrected chi connectivity index (χ2v) is 5.90. The first-order chi connectivity index (χ1) is 11.2. The number of benzene rings is 1. The highest BCUT2D eigenvalue weighted by molar-refractivity contribution is 5.95. The highest BCUT2D eigenvalue weighted by atomic mass is 16.5. The lowest BCUT2D eigenvalue weighted by molar-refractivity contribution is -0.123. The molecule has 0 spiro atoms. The second kappa shape index (κ2) is 6.89. The Morgan fingerprint density at radius 1 is 1.39 bits per heavy atom. The Morgan fingerprint density at radius 2 is 2.22 bits per heavy atom. The normalized spacial score (nSPS) is 16.3. The monoisotopic (exact) mass is 318 g/mol. The molecule has 1 N–H and O–H groups in total. The Kier molecular flexibility index (Phi) is 4.69. The molecule has 6 nitrogen and oxygen atoms in total. The van der Waals surface area contributed by atoms with Crippen LogP contribution in [-0.2, 0) is 9.59 Å². The molecule has 0 bridgehead atoms. The van der Waals surface area contributed by atoms with Crippen LogP contribution < -0.4 is 19.7 Å². The number of anilines is 1. The largest absolute Gasteiger partial charge is 0.497 e. The van der Waals surface area contributed by atoms with Gasteiger partial charge in [0.1, 0.15) is 18.1 Å². The van der Waals surface area contributed by atoms with Crippen molar-refractivity contribution >= 4 is 17.5 Å². The molecular formula is C17H22N2O4. The van der Waals surface area contributed by atoms with Gasteiger partial charge in [0.25, 0.3) is 0 Å². The molecule has 23 heavy (non-hydrogen) atoms. The Labute approximate surface area is 135 Å². The Bertz CT molecular complexity index is 598. The lowest BCUT2D eigenvalue weighted by atomic mass is 10.2. The third-order valence-corrected chi connectivity index (χ3v) is 4.15. The van der Waals surface area contributed by atoms with E-state index in [4.69, 9.17) is 9.47 Å². The minimum absolute atomic E-state index is 0.0449. The smallest absolute Gasteiger partial charge is 0.227 e. The fourth-order valence-corrected chi connectivity index (χ4v) is 2.66. The summed E-state index contributed by atoms with van der Waals surface area (Å²) < 4.78 is 10.8. The number of hydrogen-bond acceptors (Lipinski definition) is 4. The van der Waals surface area contributed by atoms with Gasteiger partial charge in [-0.25, -0.2) is 0 Å². The Hall–Kier alpha value is -2.24. The fraction of sp³-hybridized carbons (Fsp3) is 0.529. The SMILES string of the molecule is COc1ccc2c(c1)N(C(=O)CCCNC(=O)C1CC1)CCO2. The molecule has 1 aliphatic carbocycles. The van der Waals surface area contributed by atoms with Crippen LogP contribution in [0.4, 0.5) is 5.69 Å². The number of hydrogen-bond donors (Lipinski definition) is 1. The maximum atomic E-state index is 12.5. The lowest BCUT2D eigenvalue weighted by Crippen LogP contribution is -2.38. The van der Waals surface area contributed by atoms with Crippen molar-refractivity contribution in [2.24, 2.45) is 5.92 Å². The minimum Gasteiger partial charge on any atom is -0.497 e. The van der Waals surface area contributed by atoms with Gasteiger partial charge >= 0.3 is 0 Å². The van der Waals surface area contributed by atoms with Gasteiger partial charge in [0.15, 0.2) is 0 Å². The number of nitrogens with zero attached hydrogens (tertiary/aromatic N) is 1. The minimum atomic E-state index is 0.0449. The topological polar surface area (TPSA) is 67.9 Å². The molecule has 1 saturated carbocycles. The molecule has 124 valence electrons. The molecule has 0 atom stereocenters. The van der Waals surface area contributed by atoms with Crippen molar-refractivity contribution in [3.05, 3.63) is 18.2 Å². The molecule has 2 amide bonds. The van der Waals surface area contributed by atoms with Crippen molar-refractivity contribution in [1.82, 2.24) is 5.32 Å². The van der Waals surface area contributed by atoms with Crippen LogP contribution in [0.5, 0.6) is 11.5 Å². The van der Waals surface area contributed by atoms with Crippen LogP contribution >= 0.6 is 0 Å². The number of ether oxygens (including phenoxy) is 2. The van der Waals surface area contributed by atoms with E-state index in [0.29, 0.717) is 44.0 Å². The quantitative estimate of drug-likeness (QED) is 0.811. The summed E-state index contributed by atoms with van der Waals surface area (Å²) in [6.45, 7) is 1.58. The summed E-state index contributed by atoms with van der Waals surface area (Å²) in [6, 6.07) is 5.46. The average Bonchev–Trinajstić information content (AvgIpc) is 3.42. The molecule has 2 aliphatic rings. The summed E-state index contributed by atoms with van der Waals surface area (Å²) >= 11 is 0. The van der Waals surface area contributed by atoms with Crippen molar-refractivity contribution in [2.45, 2.75) is 25.7 Å². The number of fused-ring (bicyclic) bond motifs is 1. The third-order valence-electron chi connectivity index (χ3n) is 4.15. The highest BCUT2D eigenvalue weighted by Crippen LogP contribution is 2.35. The van der Waals surface area contributed by atoms with E-state index in [2.05, 4.69) is 5.32 Å². The fourth-order valence-electron chi connectivity index (χ4n) is 2.66. The summed E-state index contributed by atoms with van der Waals surface area (Å²) in [5.41, 5.74) is 0.752. The number of rotatable bonds is 6. The van der Waals surface area contributed by atoms with E-state index in [0.717, 1.165) is 18.5 Å². The number of carbonyl (C=O) groups excluding carboxylic acids is 2. The van der Waals surface area contributed by atoms with E-state index in [1.54, 1.807) is 12.0 Å². The van der Waals surface area contributed by atoms with Crippen molar-refractivity contribution in [3.63, 3.8) is 0 Å². The summed E-state index contributed by atoms with van der Waals surface area (Å²) in [5, 5.41) is 2.89. The van der Waals surface area contributed by atoms with Crippen LogP contribution in [0.25, 0.3) is 0 Å². The Morgan fingerprint density at radius 3 is 2.96 bits per heavy atom. The van der Waals surface area contributed by atoms with E-state index in [-0.39, 0.29) is 17.7 Å². The zero-order valence-corrected chi connectivity index (χ0v) is 13.3. The first-order valence-corrected chi connectivity index (χ1v) is 8.08. The number of carbonyl (C=O) groups is 2. The van der Waals surface area contributed by atoms with E-state index >= 15 is 0 Å². The molecule has 0 radical (unpaired) electrons. The molecule has 1 aromatic carbocycles. The van der Waals surface area contributed by atoms with Gasteiger partial charge in [-0.15, -0.1) is 0 Å². The van der Waals surface area contributed by atoms with Gasteiger partial charge in [0, 0.05) is 24.9 Å². The first kappa shape index (κ1) is 15.6. The van der Waals surface area contributed by atoms with Crippen LogP contribution in [0.15, 0.2) is 18.2 Å². The van der Waals surface area contributed by atoms with Crippen LogP contribution in [0.2, 0.25) is 0 Å². The van der Waals surface area contributed by atoms with E-state index < -0.39 is 0 Å². The zero-order chi connectivity index (χ0) is 16.2. The molecule has 1 heterocycles. The van der Waals surface area contributed by atoms with Crippen molar-refractivity contribution < 1.29 is 19.1 Å². The van der Waals surface area contributed by atoms with E-state index in [9.17, 15) is 9.59 Å². The highest BCUT2D eigenvalue weighted by Gasteiger charge is 2.29. The van der Waals surface area contributed by atoms with Crippen LogP contribution in [0.1, 0.15) is 25.7 Å². The second-order valence-electron chi connectivity index (χ2n) is 5.90. The summed E-state index contributed by atoms with van der Waals surface area (Å²) in [6.07, 6.45) is 3.05. The molecule has 3 rings (SSSR count). The van der Waals surface area contributed by atoms with E-state index in [1.807, 2.05) is 18.2 Å². The number of nitrogens with one attached hydrogen (secondary N) is 1. The van der Waals surface area contributed by atoms with Crippen LogP contribution in [-0.4, -0.2) is 38.6 Å². The molecule has 0 aromatic heterocycles. The van der Waals surface area contributed by atoms with Crippen LogP contribution in [0, 0.1) is 5.92 Å². The molecule has 0 unspecified atom stereocenters. The maximum Gasteiger partial charge on any atom is 0.227 e. The summed E-state index contributed by atoms with van der Waals surface area (Å²) in [5.74, 6) is 1.78. The molecule has 6 heteroatoms. The van der Waals surface area contributed by atoms with Gasteiger partial charge in [0.05, 0.1) is 19.3 Å². The van der Waals surface area contributed by atoms with Gasteiger partial charge in [-0.3, -0.25) is 9.59 Å². The van der Waals surface area contributed by atoms with Crippen molar-refractivity contribution in [3.8, 4) is 11.5 Å². The summed E-state index contributed by atoms with van der Waals surface area (Å²) in [4.78, 5) is 25.8. The summed E-state index contributed by atoms with van der Waals surface area (Å²) in [7, 11) is 1.60. The van der Waals surface area contributed by atoms with Gasteiger partial charge in [-0.2, -0.15) is 0 Å². The van der Waals surface area contributed by atoms with Crippen LogP contribution in [0.3, 0.4) is 0 Å². The molecule has 1 aromatic rings. The number of methoxy groups -OCH3 is 1. The molecular weight excluding hydrogens is 296 g/mol. The molecule has 0 saturated heterocycles. The predicted octanol–water partition coefficient (Wildman–Crippen LogP) is 1.73. The van der Waals surface area contributed by atoms with Gasteiger partial charge < -0.3 is 19.7 Å². The molecule has 1 fully saturated rings. The van der Waals surface area contributed by atoms with Crippen molar-refractivity contribution in [1.29, 1.82) is 0 Å². The first-order valence-electron chi connectivity index (χ1n) is 8.08. The van der Waals surface area contributed by atoms with Gasteiger partial charge in [0.2, 0.25) is 11.8 Å². The van der Waals surface area contributed by atoms with Gasteiger partial charge in [-0.05, 0) is 31.4 Å². The average molecular weight is 318 g/mol. The van der Waals surface area contributed by atoms with Gasteiger partial charge in [-0.1, -0.05) is 0 Å². The van der Waals surface area contributed by atoms with E-state index in [1.165, 1.54) is 0 Å². The third kappa shape index (κ3) is 3.75. The zero-order valence-electron chi connectivity index (χ0n) is 13.3. The van der Waals surface area contributed by atoms with Crippen molar-refractivity contribution in [2.75, 3.05) is 31.7 Å². The predicted molar refractivity (Wildman–Crippen MR) is 85.8 cm³/mol. The maximum absolute atomic E-state index is 12.5. The molecule has 1 aliphatic heterocycles. The standard InChI is InChI=1S/C17H22N2O4/c1-22-13-6-7-15-14(11-13)19(9-10-23-15)16(20)3-2-8-18-17(21)12-4-5-12/h6-7,11-12H,2-5,8-10H2,1H3,(H,18,21). The number of amides is 2. The Balaban J connectivity index is 1.54. The lowest BCUT2D eigenvalue weighted by Gasteiger charge is -2.30.